The van der Waals surface area contributed by atoms with Crippen LogP contribution in [-0.2, 0) is 21.4 Å². The van der Waals surface area contributed by atoms with Crippen molar-refractivity contribution in [3.63, 3.8) is 0 Å². The van der Waals surface area contributed by atoms with Gasteiger partial charge in [-0.05, 0) is 74.1 Å². The molecule has 0 aliphatic carbocycles. The fourth-order valence-electron chi connectivity index (χ4n) is 3.57. The Kier molecular flexibility index (Phi) is 9.90. The lowest BCUT2D eigenvalue weighted by Crippen LogP contribution is -2.40. The molecule has 0 aliphatic rings. The van der Waals surface area contributed by atoms with Crippen LogP contribution < -0.4 is 31.0 Å². The summed E-state index contributed by atoms with van der Waals surface area (Å²) in [6, 6.07) is 8.31. The highest BCUT2D eigenvalue weighted by Crippen LogP contribution is 2.30. The van der Waals surface area contributed by atoms with E-state index in [0.717, 1.165) is 16.9 Å². The summed E-state index contributed by atoms with van der Waals surface area (Å²) in [7, 11) is -0.806. The Labute approximate surface area is 207 Å². The number of carbonyl (C=O) groups excluding carboxylic acids is 1. The summed E-state index contributed by atoms with van der Waals surface area (Å²) in [6.45, 7) is 5.77. The van der Waals surface area contributed by atoms with E-state index in [1.165, 1.54) is 7.11 Å². The van der Waals surface area contributed by atoms with Gasteiger partial charge < -0.3 is 26.3 Å². The van der Waals surface area contributed by atoms with Crippen molar-refractivity contribution in [3.8, 4) is 11.5 Å². The second-order valence-corrected chi connectivity index (χ2v) is 9.78. The number of hydrogen-bond donors (Lipinski definition) is 4. The zero-order valence-corrected chi connectivity index (χ0v) is 21.7. The molecule has 0 saturated heterocycles. The number of ether oxygens (including phenoxy) is 2. The van der Waals surface area contributed by atoms with Crippen molar-refractivity contribution in [1.29, 1.82) is 0 Å². The van der Waals surface area contributed by atoms with E-state index in [4.69, 9.17) is 20.9 Å². The van der Waals surface area contributed by atoms with Crippen LogP contribution in [0.25, 0.3) is 0 Å². The third-order valence-electron chi connectivity index (χ3n) is 5.62. The average Bonchev–Trinajstić information content (AvgIpc) is 2.82. The minimum absolute atomic E-state index is 0.143. The Morgan fingerprint density at radius 2 is 1.74 bits per heavy atom. The van der Waals surface area contributed by atoms with Crippen molar-refractivity contribution in [2.75, 3.05) is 20.8 Å². The minimum Gasteiger partial charge on any atom is -0.497 e. The first-order valence-electron chi connectivity index (χ1n) is 11.1. The zero-order chi connectivity index (χ0) is 26.2. The quantitative estimate of drug-likeness (QED) is 0.205. The van der Waals surface area contributed by atoms with Crippen LogP contribution in [0, 0.1) is 20.8 Å². The second kappa shape index (κ2) is 12.4. The topological polar surface area (TPSA) is 158 Å². The number of nitrogens with zero attached hydrogens (tertiary/aromatic N) is 1. The van der Waals surface area contributed by atoms with Crippen molar-refractivity contribution >= 4 is 21.9 Å². The molecule has 2 aromatic carbocycles. The monoisotopic (exact) mass is 505 g/mol. The summed E-state index contributed by atoms with van der Waals surface area (Å²) in [4.78, 5) is 16.4. The van der Waals surface area contributed by atoms with Gasteiger partial charge in [-0.1, -0.05) is 12.1 Å². The third kappa shape index (κ3) is 7.59. The highest BCUT2D eigenvalue weighted by Gasteiger charge is 2.23. The van der Waals surface area contributed by atoms with Crippen LogP contribution in [-0.4, -0.2) is 47.1 Å². The van der Waals surface area contributed by atoms with E-state index in [9.17, 15) is 13.2 Å². The Morgan fingerprint density at radius 1 is 1.09 bits per heavy atom. The van der Waals surface area contributed by atoms with Crippen LogP contribution in [0.3, 0.4) is 0 Å². The van der Waals surface area contributed by atoms with Crippen LogP contribution in [0.2, 0.25) is 0 Å². The number of sulfonamides is 1. The fourth-order valence-corrected chi connectivity index (χ4v) is 5.05. The first kappa shape index (κ1) is 27.9. The van der Waals surface area contributed by atoms with Gasteiger partial charge in [0.05, 0.1) is 25.2 Å². The normalized spacial score (nSPS) is 12.7. The van der Waals surface area contributed by atoms with Crippen LogP contribution >= 0.6 is 0 Å². The van der Waals surface area contributed by atoms with Gasteiger partial charge in [0.2, 0.25) is 11.9 Å². The molecule has 1 amide bonds. The third-order valence-corrected chi connectivity index (χ3v) is 7.27. The molecule has 2 rings (SSSR count). The molecular weight excluding hydrogens is 470 g/mol. The van der Waals surface area contributed by atoms with Gasteiger partial charge in [-0.15, -0.1) is 0 Å². The number of aryl methyl sites for hydroxylation is 1. The van der Waals surface area contributed by atoms with Gasteiger partial charge in [0.1, 0.15) is 11.5 Å². The molecule has 6 N–H and O–H groups in total. The second-order valence-electron chi connectivity index (χ2n) is 8.16. The number of amides is 1. The molecule has 0 radical (unpaired) electrons. The molecule has 1 unspecified atom stereocenters. The molecule has 192 valence electrons. The first-order valence-corrected chi connectivity index (χ1v) is 12.6. The standard InChI is InChI=1S/C24H35N5O5S/c1-15-13-21(34-5)16(2)17(3)22(15)35(31,32)29-24(26)27-12-6-7-20(25)23(30)28-14-18-8-10-19(33-4)11-9-18/h8-11,13,20H,6-7,12,14,25H2,1-5H3,(H,28,30)(H3,26,27,29). The summed E-state index contributed by atoms with van der Waals surface area (Å²) in [5.74, 6) is 0.849. The molecule has 11 heteroatoms. The molecule has 1 atom stereocenters. The van der Waals surface area contributed by atoms with E-state index in [-0.39, 0.29) is 23.3 Å². The Hall–Kier alpha value is -3.31. The van der Waals surface area contributed by atoms with Crippen molar-refractivity contribution in [3.05, 3.63) is 52.6 Å². The van der Waals surface area contributed by atoms with Gasteiger partial charge in [0.15, 0.2) is 0 Å². The smallest absolute Gasteiger partial charge is 0.264 e. The van der Waals surface area contributed by atoms with E-state index in [2.05, 4.69) is 15.0 Å². The van der Waals surface area contributed by atoms with Gasteiger partial charge in [0.25, 0.3) is 10.0 Å². The number of guanidine groups is 1. The SMILES string of the molecule is COc1ccc(CNC(=O)C(N)CCCN=C(N)NS(=O)(=O)c2c(C)cc(OC)c(C)c2C)cc1. The van der Waals surface area contributed by atoms with Crippen LogP contribution in [0.5, 0.6) is 11.5 Å². The molecule has 35 heavy (non-hydrogen) atoms. The lowest BCUT2D eigenvalue weighted by atomic mass is 10.1. The molecular formula is C24H35N5O5S. The first-order chi connectivity index (χ1) is 16.5. The highest BCUT2D eigenvalue weighted by molar-refractivity contribution is 7.90. The van der Waals surface area contributed by atoms with Crippen LogP contribution in [0.4, 0.5) is 0 Å². The minimum atomic E-state index is -3.93. The Bertz CT molecular complexity index is 1160. The highest BCUT2D eigenvalue weighted by atomic mass is 32.2. The van der Waals surface area contributed by atoms with Crippen molar-refractivity contribution in [2.45, 2.75) is 51.1 Å². The molecule has 10 nitrogen and oxygen atoms in total. The summed E-state index contributed by atoms with van der Waals surface area (Å²) in [5.41, 5.74) is 14.5. The summed E-state index contributed by atoms with van der Waals surface area (Å²) >= 11 is 0. The van der Waals surface area contributed by atoms with Crippen LogP contribution in [0.1, 0.15) is 35.1 Å². The van der Waals surface area contributed by atoms with Gasteiger partial charge >= 0.3 is 0 Å². The lowest BCUT2D eigenvalue weighted by molar-refractivity contribution is -0.122. The summed E-state index contributed by atoms with van der Waals surface area (Å²) in [5, 5.41) is 2.79. The predicted molar refractivity (Wildman–Crippen MR) is 136 cm³/mol. The zero-order valence-electron chi connectivity index (χ0n) is 20.8. The van der Waals surface area contributed by atoms with E-state index < -0.39 is 16.1 Å². The number of nitrogens with two attached hydrogens (primary N) is 2. The number of methoxy groups -OCH3 is 2. The number of carbonyl (C=O) groups is 1. The number of nitrogens with one attached hydrogen (secondary N) is 2. The molecule has 0 heterocycles. The van der Waals surface area contributed by atoms with Gasteiger partial charge in [-0.2, -0.15) is 0 Å². The molecule has 0 aromatic heterocycles. The lowest BCUT2D eigenvalue weighted by Gasteiger charge is -2.17. The fraction of sp³-hybridized carbons (Fsp3) is 0.417. The summed E-state index contributed by atoms with van der Waals surface area (Å²) in [6.07, 6.45) is 0.827. The maximum Gasteiger partial charge on any atom is 0.264 e. The molecule has 0 aliphatic heterocycles. The van der Waals surface area contributed by atoms with Gasteiger partial charge in [-0.25, -0.2) is 13.1 Å². The maximum absolute atomic E-state index is 12.9. The molecule has 0 fully saturated rings. The molecule has 0 saturated carbocycles. The molecule has 0 spiro atoms. The largest absolute Gasteiger partial charge is 0.497 e. The van der Waals surface area contributed by atoms with Crippen molar-refractivity contribution in [1.82, 2.24) is 10.0 Å². The number of aliphatic imine (C=N–C) groups is 1. The van der Waals surface area contributed by atoms with Crippen molar-refractivity contribution < 1.29 is 22.7 Å². The van der Waals surface area contributed by atoms with E-state index in [0.29, 0.717) is 36.3 Å². The maximum atomic E-state index is 12.9. The number of rotatable bonds is 11. The number of hydrogen-bond acceptors (Lipinski definition) is 7. The van der Waals surface area contributed by atoms with Gasteiger partial charge in [0, 0.05) is 13.1 Å². The Morgan fingerprint density at radius 3 is 2.34 bits per heavy atom. The molecule has 0 bridgehead atoms. The van der Waals surface area contributed by atoms with E-state index >= 15 is 0 Å². The summed E-state index contributed by atoms with van der Waals surface area (Å²) < 4.78 is 38.5. The van der Waals surface area contributed by atoms with Crippen LogP contribution in [0.15, 0.2) is 40.2 Å². The van der Waals surface area contributed by atoms with Crippen molar-refractivity contribution in [2.24, 2.45) is 16.5 Å². The van der Waals surface area contributed by atoms with E-state index in [1.807, 2.05) is 24.3 Å². The van der Waals surface area contributed by atoms with E-state index in [1.54, 1.807) is 33.9 Å². The Balaban J connectivity index is 1.86. The van der Waals surface area contributed by atoms with Gasteiger partial charge in [-0.3, -0.25) is 9.79 Å². The number of benzene rings is 2. The predicted octanol–water partition coefficient (Wildman–Crippen LogP) is 1.65. The average molecular weight is 506 g/mol. The molecule has 2 aromatic rings.